The maximum Gasteiger partial charge on any atom is 0.247 e. The molecule has 2 aliphatic carbocycles. The number of aryl methyl sites for hydroxylation is 1. The fraction of sp³-hybridized carbons (Fsp3) is 0.606. The molecule has 3 aliphatic rings. The van der Waals surface area contributed by atoms with Crippen molar-refractivity contribution in [3.05, 3.63) is 41.0 Å². The monoisotopic (exact) mass is 594 g/mol. The van der Waals surface area contributed by atoms with Crippen molar-refractivity contribution in [3.63, 3.8) is 0 Å². The molecule has 226 valence electrons. The topological polar surface area (TPSA) is 99.2 Å². The van der Waals surface area contributed by atoms with Crippen molar-refractivity contribution in [1.82, 2.24) is 14.9 Å². The summed E-state index contributed by atoms with van der Waals surface area (Å²) in [7, 11) is 0. The van der Waals surface area contributed by atoms with Crippen LogP contribution in [-0.2, 0) is 19.9 Å². The van der Waals surface area contributed by atoms with Crippen molar-refractivity contribution in [2.24, 2.45) is 17.6 Å². The molecule has 2 amide bonds. The molecule has 3 N–H and O–H groups in total. The fourth-order valence-corrected chi connectivity index (χ4v) is 8.89. The molecule has 2 saturated carbocycles. The standard InChI is InChI=1S/C33H43FN4O3S/c1-21-17-19-42-29(21)31-37-25-16-15-23(34)20-26(25)38(31)33(22-10-4-2-5-11-22,32(40)36-24-12-6-3-7-13-24)28(30(35)39)27-14-8-9-18-41-27/h15-17,19-20,22,24,27-28H,2-14,18H2,1H3,(H2,35,39)(H,36,40). The van der Waals surface area contributed by atoms with Gasteiger partial charge in [-0.15, -0.1) is 11.3 Å². The number of hydrogen-bond donors (Lipinski definition) is 2. The summed E-state index contributed by atoms with van der Waals surface area (Å²) in [4.78, 5) is 35.2. The summed E-state index contributed by atoms with van der Waals surface area (Å²) in [6, 6.07) is 6.61. The van der Waals surface area contributed by atoms with Crippen LogP contribution in [0.15, 0.2) is 29.6 Å². The number of halogens is 1. The van der Waals surface area contributed by atoms with Gasteiger partial charge in [0.15, 0.2) is 5.82 Å². The summed E-state index contributed by atoms with van der Waals surface area (Å²) in [5, 5.41) is 5.45. The summed E-state index contributed by atoms with van der Waals surface area (Å²) in [6.45, 7) is 2.55. The number of thiophene rings is 1. The molecule has 3 atom stereocenters. The largest absolute Gasteiger partial charge is 0.377 e. The van der Waals surface area contributed by atoms with E-state index in [2.05, 4.69) is 5.32 Å². The number of ether oxygens (including phenoxy) is 1. The Kier molecular flexibility index (Phi) is 8.68. The number of aromatic nitrogens is 2. The molecule has 9 heteroatoms. The van der Waals surface area contributed by atoms with E-state index in [0.29, 0.717) is 29.9 Å². The van der Waals surface area contributed by atoms with Crippen LogP contribution in [0, 0.1) is 24.6 Å². The molecule has 3 aromatic rings. The highest BCUT2D eigenvalue weighted by Gasteiger charge is 2.60. The van der Waals surface area contributed by atoms with Crippen LogP contribution in [0.5, 0.6) is 0 Å². The van der Waals surface area contributed by atoms with Gasteiger partial charge in [-0.1, -0.05) is 38.5 Å². The zero-order chi connectivity index (χ0) is 29.3. The van der Waals surface area contributed by atoms with Crippen molar-refractivity contribution in [2.45, 2.75) is 108 Å². The number of carbonyl (C=O) groups excluding carboxylic acids is 2. The third-order valence-corrected chi connectivity index (χ3v) is 11.0. The van der Waals surface area contributed by atoms with Gasteiger partial charge >= 0.3 is 0 Å². The predicted molar refractivity (Wildman–Crippen MR) is 164 cm³/mol. The van der Waals surface area contributed by atoms with Gasteiger partial charge in [0.2, 0.25) is 11.8 Å². The van der Waals surface area contributed by atoms with E-state index in [9.17, 15) is 4.79 Å². The number of benzene rings is 1. The molecule has 0 spiro atoms. The summed E-state index contributed by atoms with van der Waals surface area (Å²) in [5.41, 5.74) is 7.11. The molecule has 3 unspecified atom stereocenters. The van der Waals surface area contributed by atoms with Crippen LogP contribution in [0.1, 0.15) is 89.0 Å². The van der Waals surface area contributed by atoms with Crippen molar-refractivity contribution in [2.75, 3.05) is 6.61 Å². The average Bonchev–Trinajstić information content (AvgIpc) is 3.59. The Morgan fingerprint density at radius 3 is 2.40 bits per heavy atom. The third kappa shape index (κ3) is 5.27. The summed E-state index contributed by atoms with van der Waals surface area (Å²) in [5.74, 6) is -1.69. The molecule has 1 saturated heterocycles. The van der Waals surface area contributed by atoms with Crippen LogP contribution >= 0.6 is 11.3 Å². The number of fused-ring (bicyclic) bond motifs is 1. The first kappa shape index (κ1) is 29.3. The molecule has 42 heavy (non-hydrogen) atoms. The highest BCUT2D eigenvalue weighted by Crippen LogP contribution is 2.50. The van der Waals surface area contributed by atoms with Crippen molar-refractivity contribution >= 4 is 34.2 Å². The quantitative estimate of drug-likeness (QED) is 0.307. The number of imidazole rings is 1. The van der Waals surface area contributed by atoms with E-state index in [0.717, 1.165) is 87.5 Å². The highest BCUT2D eigenvalue weighted by molar-refractivity contribution is 7.13. The second kappa shape index (κ2) is 12.4. The molecular weight excluding hydrogens is 551 g/mol. The maximum absolute atomic E-state index is 15.3. The van der Waals surface area contributed by atoms with E-state index in [4.69, 9.17) is 15.5 Å². The second-order valence-electron chi connectivity index (χ2n) is 12.6. The number of nitrogens with one attached hydrogen (secondary N) is 1. The molecule has 3 heterocycles. The minimum atomic E-state index is -1.43. The highest BCUT2D eigenvalue weighted by atomic mass is 32.1. The Balaban J connectivity index is 1.68. The van der Waals surface area contributed by atoms with Gasteiger partial charge in [0.25, 0.3) is 0 Å². The molecule has 7 nitrogen and oxygen atoms in total. The Morgan fingerprint density at radius 2 is 1.76 bits per heavy atom. The van der Waals surface area contributed by atoms with Crippen molar-refractivity contribution in [1.29, 1.82) is 0 Å². The minimum Gasteiger partial charge on any atom is -0.377 e. The lowest BCUT2D eigenvalue weighted by Crippen LogP contribution is -2.65. The Hall–Kier alpha value is -2.78. The van der Waals surface area contributed by atoms with E-state index in [-0.39, 0.29) is 17.9 Å². The van der Waals surface area contributed by atoms with Crippen LogP contribution in [-0.4, -0.2) is 40.1 Å². The minimum absolute atomic E-state index is 0.0217. The Morgan fingerprint density at radius 1 is 1.05 bits per heavy atom. The first-order valence-corrected chi connectivity index (χ1v) is 16.7. The summed E-state index contributed by atoms with van der Waals surface area (Å²) >= 11 is 1.55. The van der Waals surface area contributed by atoms with Gasteiger partial charge in [-0.25, -0.2) is 9.37 Å². The lowest BCUT2D eigenvalue weighted by atomic mass is 9.64. The molecule has 0 radical (unpaired) electrons. The van der Waals surface area contributed by atoms with Crippen LogP contribution in [0.25, 0.3) is 21.7 Å². The van der Waals surface area contributed by atoms with E-state index < -0.39 is 29.3 Å². The van der Waals surface area contributed by atoms with Gasteiger partial charge < -0.3 is 20.4 Å². The van der Waals surface area contributed by atoms with Gasteiger partial charge in [0, 0.05) is 12.6 Å². The molecule has 0 bridgehead atoms. The molecule has 1 aromatic carbocycles. The number of nitrogens with zero attached hydrogens (tertiary/aromatic N) is 2. The average molecular weight is 595 g/mol. The smallest absolute Gasteiger partial charge is 0.247 e. The van der Waals surface area contributed by atoms with Gasteiger partial charge in [0.1, 0.15) is 11.4 Å². The van der Waals surface area contributed by atoms with Gasteiger partial charge in [0.05, 0.1) is 27.9 Å². The predicted octanol–water partition coefficient (Wildman–Crippen LogP) is 6.61. The lowest BCUT2D eigenvalue weighted by molar-refractivity contribution is -0.156. The van der Waals surface area contributed by atoms with E-state index in [1.807, 2.05) is 22.9 Å². The van der Waals surface area contributed by atoms with E-state index in [1.165, 1.54) is 12.1 Å². The normalized spacial score (nSPS) is 23.0. The van der Waals surface area contributed by atoms with Gasteiger partial charge in [-0.2, -0.15) is 0 Å². The van der Waals surface area contributed by atoms with E-state index >= 15 is 9.18 Å². The fourth-order valence-electron chi connectivity index (χ4n) is 7.98. The van der Waals surface area contributed by atoms with Crippen LogP contribution in [0.3, 0.4) is 0 Å². The lowest BCUT2D eigenvalue weighted by Gasteiger charge is -2.50. The first-order chi connectivity index (χ1) is 20.4. The zero-order valence-electron chi connectivity index (χ0n) is 24.6. The molecule has 1 aliphatic heterocycles. The maximum atomic E-state index is 15.3. The molecular formula is C33H43FN4O3S. The number of carbonyl (C=O) groups is 2. The van der Waals surface area contributed by atoms with Gasteiger partial charge in [-0.3, -0.25) is 9.59 Å². The Labute approximate surface area is 251 Å². The molecule has 2 aromatic heterocycles. The Bertz CT molecular complexity index is 1420. The molecule has 6 rings (SSSR count). The number of primary amides is 1. The number of rotatable bonds is 8. The number of amides is 2. The number of hydrogen-bond acceptors (Lipinski definition) is 5. The SMILES string of the molecule is Cc1ccsc1-c1nc2ccc(F)cc2n1C(C(=O)NC1CCCCC1)(C1CCCCC1)C(C(N)=O)C1CCCCO1. The first-order valence-electron chi connectivity index (χ1n) is 15.9. The van der Waals surface area contributed by atoms with Crippen LogP contribution in [0.2, 0.25) is 0 Å². The third-order valence-electron chi connectivity index (χ3n) is 9.95. The van der Waals surface area contributed by atoms with Crippen LogP contribution < -0.4 is 11.1 Å². The zero-order valence-corrected chi connectivity index (χ0v) is 25.4. The van der Waals surface area contributed by atoms with Gasteiger partial charge in [-0.05, 0) is 93.0 Å². The van der Waals surface area contributed by atoms with Crippen LogP contribution in [0.4, 0.5) is 4.39 Å². The van der Waals surface area contributed by atoms with Crippen molar-refractivity contribution < 1.29 is 18.7 Å². The summed E-state index contributed by atoms with van der Waals surface area (Å²) in [6.07, 6.45) is 11.6. The van der Waals surface area contributed by atoms with Crippen molar-refractivity contribution in [3.8, 4) is 10.7 Å². The molecule has 3 fully saturated rings. The number of nitrogens with two attached hydrogens (primary N) is 1. The summed E-state index contributed by atoms with van der Waals surface area (Å²) < 4.78 is 23.4. The second-order valence-corrected chi connectivity index (χ2v) is 13.5. The van der Waals surface area contributed by atoms with E-state index in [1.54, 1.807) is 17.4 Å².